The third-order valence-corrected chi connectivity index (χ3v) is 15.8. The van der Waals surface area contributed by atoms with E-state index in [-0.39, 0.29) is 10.8 Å². The molecular weight excluding hydrogens is 861 g/mol. The molecule has 12 aromatic rings. The molecule has 0 saturated carbocycles. The van der Waals surface area contributed by atoms with E-state index >= 15 is 0 Å². The van der Waals surface area contributed by atoms with Crippen molar-refractivity contribution < 1.29 is 4.42 Å². The van der Waals surface area contributed by atoms with Crippen LogP contribution in [0.1, 0.15) is 49.9 Å². The van der Waals surface area contributed by atoms with Crippen molar-refractivity contribution in [1.82, 2.24) is 0 Å². The number of para-hydroxylation sites is 3. The van der Waals surface area contributed by atoms with Crippen molar-refractivity contribution in [3.63, 3.8) is 0 Å². The predicted octanol–water partition coefficient (Wildman–Crippen LogP) is 19.1. The first kappa shape index (κ1) is 41.3. The second-order valence-electron chi connectivity index (χ2n) is 20.5. The quantitative estimate of drug-likeness (QED) is 0.149. The largest absolute Gasteiger partial charge is 0.456 e. The smallest absolute Gasteiger partial charge is 0.135 e. The number of hydrogen-bond donors (Lipinski definition) is 0. The Bertz CT molecular complexity index is 4110. The van der Waals surface area contributed by atoms with Gasteiger partial charge >= 0.3 is 0 Å². The van der Waals surface area contributed by atoms with E-state index in [9.17, 15) is 0 Å². The van der Waals surface area contributed by atoms with Crippen LogP contribution in [0.4, 0.5) is 34.1 Å². The summed E-state index contributed by atoms with van der Waals surface area (Å²) in [5, 5.41) is 7.25. The second-order valence-corrected chi connectivity index (χ2v) is 20.5. The first-order chi connectivity index (χ1) is 34.7. The summed E-state index contributed by atoms with van der Waals surface area (Å²) < 4.78 is 6.31. The molecule has 0 spiro atoms. The van der Waals surface area contributed by atoms with E-state index in [1.54, 1.807) is 0 Å². The van der Waals surface area contributed by atoms with Crippen LogP contribution in [0.3, 0.4) is 0 Å². The Morgan fingerprint density at radius 3 is 1.51 bits per heavy atom. The van der Waals surface area contributed by atoms with Crippen molar-refractivity contribution in [2.45, 2.75) is 38.5 Å². The fourth-order valence-corrected chi connectivity index (χ4v) is 12.4. The Hall–Kier alpha value is -8.66. The normalized spacial score (nSPS) is 13.9. The lowest BCUT2D eigenvalue weighted by Gasteiger charge is -2.38. The highest BCUT2D eigenvalue weighted by Gasteiger charge is 2.38. The molecule has 338 valence electrons. The van der Waals surface area contributed by atoms with Crippen molar-refractivity contribution in [2.24, 2.45) is 0 Å². The number of anilines is 6. The van der Waals surface area contributed by atoms with E-state index in [0.29, 0.717) is 0 Å². The third kappa shape index (κ3) is 6.15. The van der Waals surface area contributed by atoms with Gasteiger partial charge in [-0.25, -0.2) is 0 Å². The number of furan rings is 1. The molecule has 2 aliphatic carbocycles. The molecule has 3 nitrogen and oxygen atoms in total. The van der Waals surface area contributed by atoms with Crippen LogP contribution in [0.15, 0.2) is 235 Å². The minimum atomic E-state index is -0.333. The Balaban J connectivity index is 0.986. The number of hydrogen-bond acceptors (Lipinski definition) is 3. The van der Waals surface area contributed by atoms with Crippen LogP contribution < -0.4 is 9.80 Å². The summed E-state index contributed by atoms with van der Waals surface area (Å²) in [7, 11) is 0. The van der Waals surface area contributed by atoms with Gasteiger partial charge in [0.2, 0.25) is 0 Å². The molecule has 0 atom stereocenters. The molecule has 1 aromatic heterocycles. The molecule has 0 aliphatic heterocycles. The summed E-state index contributed by atoms with van der Waals surface area (Å²) in [5.74, 6) is 0. The molecule has 2 aliphatic rings. The fourth-order valence-electron chi connectivity index (χ4n) is 12.4. The molecule has 0 N–H and O–H groups in total. The predicted molar refractivity (Wildman–Crippen MR) is 299 cm³/mol. The molecule has 0 saturated heterocycles. The van der Waals surface area contributed by atoms with Crippen molar-refractivity contribution in [3.8, 4) is 33.4 Å². The summed E-state index contributed by atoms with van der Waals surface area (Å²) in [6.07, 6.45) is 0. The van der Waals surface area contributed by atoms with Crippen LogP contribution in [-0.4, -0.2) is 0 Å². The maximum atomic E-state index is 6.31. The van der Waals surface area contributed by atoms with Crippen LogP contribution in [0.25, 0.3) is 76.9 Å². The van der Waals surface area contributed by atoms with E-state index in [4.69, 9.17) is 4.42 Å². The van der Waals surface area contributed by atoms with Gasteiger partial charge in [-0.2, -0.15) is 0 Å². The SMILES string of the molecule is CC1(C)c2ccccc2-c2ccc(N(c3ccccc3)c3ccc4c(c3)C(C)(C)c3cccc5c3c-4c(-c3ccccc3)c3ccc(N(c4ccccc4)c4ccc6oc7ccccc7c6c4)cc35)cc21. The zero-order valence-electron chi connectivity index (χ0n) is 40.2. The molecule has 0 bridgehead atoms. The lowest BCUT2D eigenvalue weighted by Crippen LogP contribution is -2.25. The van der Waals surface area contributed by atoms with Gasteiger partial charge in [0.25, 0.3) is 0 Å². The maximum absolute atomic E-state index is 6.31. The molecule has 0 radical (unpaired) electrons. The van der Waals surface area contributed by atoms with E-state index in [2.05, 4.69) is 256 Å². The number of benzene rings is 11. The average molecular weight is 911 g/mol. The summed E-state index contributed by atoms with van der Waals surface area (Å²) in [6, 6.07) is 84.9. The van der Waals surface area contributed by atoms with Gasteiger partial charge in [0, 0.05) is 55.7 Å². The number of rotatable bonds is 7. The van der Waals surface area contributed by atoms with Crippen molar-refractivity contribution in [3.05, 3.63) is 253 Å². The van der Waals surface area contributed by atoms with E-state index in [0.717, 1.165) is 56.1 Å². The second kappa shape index (κ2) is 15.4. The fraction of sp³-hybridized carbons (Fsp3) is 0.0882. The van der Waals surface area contributed by atoms with E-state index in [1.807, 2.05) is 12.1 Å². The van der Waals surface area contributed by atoms with Gasteiger partial charge in [0.05, 0.1) is 0 Å². The molecule has 11 aromatic carbocycles. The topological polar surface area (TPSA) is 19.6 Å². The van der Waals surface area contributed by atoms with E-state index in [1.165, 1.54) is 77.2 Å². The summed E-state index contributed by atoms with van der Waals surface area (Å²) in [6.45, 7) is 9.58. The molecule has 3 heteroatoms. The van der Waals surface area contributed by atoms with Gasteiger partial charge < -0.3 is 14.2 Å². The standard InChI is InChI=1S/C68H50N2O/c1-67(2)58-28-16-14-25-50(58)51-35-31-48(41-60(51)67)70(45-23-12-7-13-24-45)49-33-37-55-61(42-49)68(3,4)59-29-18-27-53-56-39-46(32-36-54(56)64(66(55)65(53)59)43-19-8-5-9-20-43)69(44-21-10-6-11-22-44)47-34-38-63-57(40-47)52-26-15-17-30-62(52)71-63/h5-42H,1-4H3. The molecule has 0 fully saturated rings. The van der Waals surface area contributed by atoms with Gasteiger partial charge in [0.15, 0.2) is 0 Å². The minimum absolute atomic E-state index is 0.119. The molecule has 1 heterocycles. The van der Waals surface area contributed by atoms with Crippen LogP contribution in [0.5, 0.6) is 0 Å². The Morgan fingerprint density at radius 2 is 0.789 bits per heavy atom. The van der Waals surface area contributed by atoms with Crippen LogP contribution in [0, 0.1) is 0 Å². The molecule has 71 heavy (non-hydrogen) atoms. The Labute approximate surface area is 414 Å². The summed E-state index contributed by atoms with van der Waals surface area (Å²) in [5.41, 5.74) is 21.1. The average Bonchev–Trinajstić information content (AvgIpc) is 3.90. The van der Waals surface area contributed by atoms with Crippen molar-refractivity contribution in [2.75, 3.05) is 9.80 Å². The third-order valence-electron chi connectivity index (χ3n) is 15.8. The van der Waals surface area contributed by atoms with Gasteiger partial charge in [-0.3, -0.25) is 0 Å². The van der Waals surface area contributed by atoms with E-state index < -0.39 is 0 Å². The van der Waals surface area contributed by atoms with Crippen LogP contribution >= 0.6 is 0 Å². The number of fused-ring (bicyclic) bond motifs is 10. The van der Waals surface area contributed by atoms with Gasteiger partial charge in [0.1, 0.15) is 11.2 Å². The first-order valence-corrected chi connectivity index (χ1v) is 24.8. The molecular formula is C68H50N2O. The maximum Gasteiger partial charge on any atom is 0.135 e. The minimum Gasteiger partial charge on any atom is -0.456 e. The highest BCUT2D eigenvalue weighted by molar-refractivity contribution is 6.24. The molecule has 0 unspecified atom stereocenters. The summed E-state index contributed by atoms with van der Waals surface area (Å²) in [4.78, 5) is 4.84. The monoisotopic (exact) mass is 910 g/mol. The van der Waals surface area contributed by atoms with Crippen LogP contribution in [0.2, 0.25) is 0 Å². The molecule has 0 amide bonds. The Morgan fingerprint density at radius 1 is 0.296 bits per heavy atom. The lowest BCUT2D eigenvalue weighted by atomic mass is 9.66. The summed E-state index contributed by atoms with van der Waals surface area (Å²) >= 11 is 0. The highest BCUT2D eigenvalue weighted by Crippen LogP contribution is 2.57. The zero-order chi connectivity index (χ0) is 47.6. The van der Waals surface area contributed by atoms with Crippen LogP contribution in [-0.2, 0) is 10.8 Å². The van der Waals surface area contributed by atoms with Crippen molar-refractivity contribution >= 4 is 77.6 Å². The lowest BCUT2D eigenvalue weighted by molar-refractivity contribution is 0.645. The number of nitrogens with zero attached hydrogens (tertiary/aromatic N) is 2. The van der Waals surface area contributed by atoms with Gasteiger partial charge in [-0.05, 0) is 162 Å². The first-order valence-electron chi connectivity index (χ1n) is 24.8. The van der Waals surface area contributed by atoms with Gasteiger partial charge in [-0.15, -0.1) is 0 Å². The highest BCUT2D eigenvalue weighted by atomic mass is 16.3. The zero-order valence-corrected chi connectivity index (χ0v) is 40.2. The van der Waals surface area contributed by atoms with Crippen molar-refractivity contribution in [1.29, 1.82) is 0 Å². The Kier molecular flexibility index (Phi) is 8.98. The molecule has 14 rings (SSSR count). The van der Waals surface area contributed by atoms with Gasteiger partial charge in [-0.1, -0.05) is 173 Å².